The molecule has 168 valence electrons. The first kappa shape index (κ1) is 21.9. The minimum atomic E-state index is -0.595. The normalized spacial score (nSPS) is 17.8. The van der Waals surface area contributed by atoms with Crippen LogP contribution in [-0.2, 0) is 20.9 Å². The van der Waals surface area contributed by atoms with Crippen LogP contribution < -0.4 is 10.1 Å². The highest BCUT2D eigenvalue weighted by Gasteiger charge is 2.39. The molecule has 1 atom stereocenters. The van der Waals surface area contributed by atoms with E-state index in [1.54, 1.807) is 18.1 Å². The number of piperazine rings is 1. The molecule has 4 rings (SSSR count). The van der Waals surface area contributed by atoms with Gasteiger partial charge < -0.3 is 19.1 Å². The van der Waals surface area contributed by atoms with Crippen LogP contribution >= 0.6 is 0 Å². The van der Waals surface area contributed by atoms with Crippen LogP contribution in [0.1, 0.15) is 22.7 Å². The molecule has 8 heteroatoms. The summed E-state index contributed by atoms with van der Waals surface area (Å²) in [5.74, 6) is 0.487. The molecule has 2 amide bonds. The van der Waals surface area contributed by atoms with Crippen molar-refractivity contribution in [2.24, 2.45) is 0 Å². The van der Waals surface area contributed by atoms with E-state index in [1.165, 1.54) is 7.11 Å². The summed E-state index contributed by atoms with van der Waals surface area (Å²) < 4.78 is 16.5. The Labute approximate surface area is 187 Å². The highest BCUT2D eigenvalue weighted by molar-refractivity contribution is 5.90. The highest BCUT2D eigenvalue weighted by Crippen LogP contribution is 2.44. The van der Waals surface area contributed by atoms with Crippen molar-refractivity contribution in [3.63, 3.8) is 0 Å². The summed E-state index contributed by atoms with van der Waals surface area (Å²) in [5, 5.41) is 2.69. The Balaban J connectivity index is 1.72. The number of methoxy groups -OCH3 is 2. The Hall–Kier alpha value is -3.36. The number of amides is 2. The summed E-state index contributed by atoms with van der Waals surface area (Å²) in [6.07, 6.45) is 1.41. The molecule has 8 nitrogen and oxygen atoms in total. The Bertz CT molecular complexity index is 1040. The Morgan fingerprint density at radius 1 is 1.12 bits per heavy atom. The summed E-state index contributed by atoms with van der Waals surface area (Å²) in [4.78, 5) is 28.7. The molecular formula is C24H27N3O5. The Morgan fingerprint density at radius 3 is 2.62 bits per heavy atom. The molecule has 2 aliphatic heterocycles. The van der Waals surface area contributed by atoms with E-state index in [0.717, 1.165) is 22.4 Å². The zero-order chi connectivity index (χ0) is 22.7. The van der Waals surface area contributed by atoms with Gasteiger partial charge in [0, 0.05) is 17.8 Å². The predicted molar refractivity (Wildman–Crippen MR) is 120 cm³/mol. The number of nitrogens with one attached hydrogen (secondary N) is 1. The second-order valence-corrected chi connectivity index (χ2v) is 7.85. The Kier molecular flexibility index (Phi) is 6.43. The van der Waals surface area contributed by atoms with Crippen molar-refractivity contribution in [3.05, 3.63) is 64.9 Å². The summed E-state index contributed by atoms with van der Waals surface area (Å²) >= 11 is 0. The number of anilines is 1. The van der Waals surface area contributed by atoms with E-state index in [2.05, 4.69) is 5.32 Å². The van der Waals surface area contributed by atoms with Crippen LogP contribution in [-0.4, -0.2) is 62.8 Å². The molecule has 0 aromatic heterocycles. The van der Waals surface area contributed by atoms with Crippen LogP contribution in [0.2, 0.25) is 0 Å². The van der Waals surface area contributed by atoms with E-state index < -0.39 is 6.09 Å². The molecule has 2 aromatic rings. The number of rotatable bonds is 6. The molecule has 0 saturated carbocycles. The predicted octanol–water partition coefficient (Wildman–Crippen LogP) is 3.26. The first-order chi connectivity index (χ1) is 15.5. The van der Waals surface area contributed by atoms with Gasteiger partial charge in [-0.3, -0.25) is 15.0 Å². The van der Waals surface area contributed by atoms with Gasteiger partial charge in [0.1, 0.15) is 5.75 Å². The number of fused-ring (bicyclic) bond motifs is 2. The molecule has 2 aromatic carbocycles. The lowest BCUT2D eigenvalue weighted by atomic mass is 9.91. The van der Waals surface area contributed by atoms with Gasteiger partial charge in [-0.2, -0.15) is 0 Å². The monoisotopic (exact) mass is 437 g/mol. The van der Waals surface area contributed by atoms with Gasteiger partial charge in [-0.25, -0.2) is 4.79 Å². The van der Waals surface area contributed by atoms with Gasteiger partial charge in [0.15, 0.2) is 0 Å². The molecule has 0 spiro atoms. The third-order valence-electron chi connectivity index (χ3n) is 5.63. The lowest BCUT2D eigenvalue weighted by molar-refractivity contribution is -0.136. The molecule has 1 saturated heterocycles. The van der Waals surface area contributed by atoms with Gasteiger partial charge in [-0.15, -0.1) is 0 Å². The molecule has 0 bridgehead atoms. The Morgan fingerprint density at radius 2 is 1.91 bits per heavy atom. The van der Waals surface area contributed by atoms with Crippen LogP contribution in [0.5, 0.6) is 5.75 Å². The van der Waals surface area contributed by atoms with Crippen molar-refractivity contribution in [2.75, 3.05) is 46.3 Å². The molecule has 0 aliphatic carbocycles. The second-order valence-electron chi connectivity index (χ2n) is 7.85. The van der Waals surface area contributed by atoms with Crippen LogP contribution in [0.15, 0.2) is 48.2 Å². The fraction of sp³-hybridized carbons (Fsp3) is 0.333. The van der Waals surface area contributed by atoms with E-state index in [1.807, 2.05) is 54.4 Å². The van der Waals surface area contributed by atoms with Crippen LogP contribution in [0.25, 0.3) is 6.08 Å². The fourth-order valence-corrected chi connectivity index (χ4v) is 4.26. The molecule has 1 unspecified atom stereocenters. The first-order valence-corrected chi connectivity index (χ1v) is 10.4. The highest BCUT2D eigenvalue weighted by atomic mass is 16.5. The standard InChI is InChI=1S/C24H27N3O5/c1-26-12-18-11-17-9-10-19(25-24(29)31-3)23(30-2)22(17)20(27(18)21(28)13-26)15-32-14-16-7-5-4-6-8-16/h4-11,20H,12-15H2,1-3H3,(H,25,29). The number of nitrogens with zero attached hydrogens (tertiary/aromatic N) is 2. The van der Waals surface area contributed by atoms with Crippen molar-refractivity contribution in [3.8, 4) is 5.75 Å². The number of benzene rings is 2. The zero-order valence-corrected chi connectivity index (χ0v) is 18.5. The molecule has 2 heterocycles. The minimum Gasteiger partial charge on any atom is -0.494 e. The largest absolute Gasteiger partial charge is 0.494 e. The second kappa shape index (κ2) is 9.42. The number of hydrogen-bond donors (Lipinski definition) is 1. The van der Waals surface area contributed by atoms with Gasteiger partial charge in [0.25, 0.3) is 0 Å². The average Bonchev–Trinajstić information content (AvgIpc) is 2.79. The first-order valence-electron chi connectivity index (χ1n) is 10.4. The van der Waals surface area contributed by atoms with Crippen LogP contribution in [0.4, 0.5) is 10.5 Å². The van der Waals surface area contributed by atoms with Crippen molar-refractivity contribution in [1.29, 1.82) is 0 Å². The number of hydrogen-bond acceptors (Lipinski definition) is 6. The minimum absolute atomic E-state index is 0.00246. The van der Waals surface area contributed by atoms with E-state index in [-0.39, 0.29) is 18.6 Å². The van der Waals surface area contributed by atoms with E-state index >= 15 is 0 Å². The molecular weight excluding hydrogens is 410 g/mol. The zero-order valence-electron chi connectivity index (χ0n) is 18.5. The van der Waals surface area contributed by atoms with Gasteiger partial charge in [0.05, 0.1) is 45.7 Å². The number of carbonyl (C=O) groups is 2. The maximum Gasteiger partial charge on any atom is 0.411 e. The van der Waals surface area contributed by atoms with Crippen molar-refractivity contribution in [1.82, 2.24) is 9.80 Å². The summed E-state index contributed by atoms with van der Waals surface area (Å²) in [7, 11) is 4.78. The summed E-state index contributed by atoms with van der Waals surface area (Å²) in [6, 6.07) is 13.2. The van der Waals surface area contributed by atoms with Crippen molar-refractivity contribution in [2.45, 2.75) is 12.6 Å². The van der Waals surface area contributed by atoms with Gasteiger partial charge in [0.2, 0.25) is 5.91 Å². The van der Waals surface area contributed by atoms with Gasteiger partial charge in [-0.1, -0.05) is 36.4 Å². The maximum atomic E-state index is 13.1. The van der Waals surface area contributed by atoms with Crippen LogP contribution in [0.3, 0.4) is 0 Å². The number of likely N-dealkylation sites (N-methyl/N-ethyl adjacent to an activating group) is 1. The number of carbonyl (C=O) groups excluding carboxylic acids is 2. The van der Waals surface area contributed by atoms with Crippen LogP contribution in [0, 0.1) is 0 Å². The molecule has 0 radical (unpaired) electrons. The smallest absolute Gasteiger partial charge is 0.411 e. The molecule has 32 heavy (non-hydrogen) atoms. The SMILES string of the molecule is COC(=O)Nc1ccc2c(c1OC)C(COCc1ccccc1)N1C(=O)CN(C)CC1=C2. The summed E-state index contributed by atoms with van der Waals surface area (Å²) in [5.41, 5.74) is 4.18. The summed E-state index contributed by atoms with van der Waals surface area (Å²) in [6.45, 7) is 1.69. The average molecular weight is 437 g/mol. The lowest BCUT2D eigenvalue weighted by Crippen LogP contribution is -2.50. The van der Waals surface area contributed by atoms with Crippen molar-refractivity contribution >= 4 is 23.8 Å². The topological polar surface area (TPSA) is 80.3 Å². The third-order valence-corrected chi connectivity index (χ3v) is 5.63. The van der Waals surface area contributed by atoms with Crippen molar-refractivity contribution < 1.29 is 23.8 Å². The molecule has 1 fully saturated rings. The van der Waals surface area contributed by atoms with E-state index in [0.29, 0.717) is 31.1 Å². The third kappa shape index (κ3) is 4.32. The van der Waals surface area contributed by atoms with E-state index in [4.69, 9.17) is 14.2 Å². The lowest BCUT2D eigenvalue weighted by Gasteiger charge is -2.43. The van der Waals surface area contributed by atoms with E-state index in [9.17, 15) is 9.59 Å². The fourth-order valence-electron chi connectivity index (χ4n) is 4.26. The maximum absolute atomic E-state index is 13.1. The van der Waals surface area contributed by atoms with Gasteiger partial charge >= 0.3 is 6.09 Å². The quantitative estimate of drug-likeness (QED) is 0.747. The molecule has 1 N–H and O–H groups in total. The number of ether oxygens (including phenoxy) is 3. The molecule has 2 aliphatic rings. The van der Waals surface area contributed by atoms with Gasteiger partial charge in [-0.05, 0) is 30.3 Å².